The molecule has 1 heterocycles. The van der Waals surface area contributed by atoms with Gasteiger partial charge in [0.25, 0.3) is 0 Å². The van der Waals surface area contributed by atoms with Gasteiger partial charge in [0.2, 0.25) is 0 Å². The fourth-order valence-corrected chi connectivity index (χ4v) is 1.06. The van der Waals surface area contributed by atoms with Gasteiger partial charge in [0.05, 0.1) is 12.7 Å². The molecule has 1 aliphatic rings. The Morgan fingerprint density at radius 3 is 2.80 bits per heavy atom. The first-order valence-electron chi connectivity index (χ1n) is 3.32. The second-order valence-electron chi connectivity index (χ2n) is 2.42. The number of hydrogen-bond donors (Lipinski definition) is 2. The lowest BCUT2D eigenvalue weighted by molar-refractivity contribution is -0.123. The van der Waals surface area contributed by atoms with E-state index < -0.39 is 0 Å². The molecule has 10 heavy (non-hydrogen) atoms. The normalized spacial score (nSPS) is 40.5. The average molecular weight is 147 g/mol. The van der Waals surface area contributed by atoms with Gasteiger partial charge in [-0.2, -0.15) is 0 Å². The van der Waals surface area contributed by atoms with Crippen LogP contribution in [0.25, 0.3) is 0 Å². The summed E-state index contributed by atoms with van der Waals surface area (Å²) in [6, 6.07) is -0.0880. The summed E-state index contributed by atoms with van der Waals surface area (Å²) in [6.45, 7) is -0.0268. The molecule has 1 fully saturated rings. The van der Waals surface area contributed by atoms with Crippen LogP contribution in [0.5, 0.6) is 0 Å². The van der Waals surface area contributed by atoms with E-state index >= 15 is 0 Å². The molecule has 60 valence electrons. The van der Waals surface area contributed by atoms with Crippen molar-refractivity contribution in [3.05, 3.63) is 0 Å². The third-order valence-corrected chi connectivity index (χ3v) is 1.71. The van der Waals surface area contributed by atoms with Crippen LogP contribution in [0.15, 0.2) is 0 Å². The van der Waals surface area contributed by atoms with Crippen molar-refractivity contribution in [3.63, 3.8) is 0 Å². The zero-order valence-corrected chi connectivity index (χ0v) is 5.99. The highest BCUT2D eigenvalue weighted by molar-refractivity contribution is 4.80. The Balaban J connectivity index is 2.36. The van der Waals surface area contributed by atoms with Gasteiger partial charge in [-0.1, -0.05) is 0 Å². The minimum Gasteiger partial charge on any atom is -0.394 e. The van der Waals surface area contributed by atoms with Gasteiger partial charge in [-0.25, -0.2) is 0 Å². The molecule has 0 unspecified atom stereocenters. The summed E-state index contributed by atoms with van der Waals surface area (Å²) in [5, 5.41) is 8.69. The van der Waals surface area contributed by atoms with Crippen LogP contribution in [0.2, 0.25) is 0 Å². The standard InChI is InChI=1S/C6H13NO3/c1-9-6-2-4(7)5(3-8)10-6/h4-6,8H,2-3,7H2,1H3/t4-,5+,6-/m0/s1. The van der Waals surface area contributed by atoms with Crippen molar-refractivity contribution in [2.24, 2.45) is 5.73 Å². The summed E-state index contributed by atoms with van der Waals surface area (Å²) >= 11 is 0. The molecule has 3 atom stereocenters. The molecule has 0 aliphatic carbocycles. The van der Waals surface area contributed by atoms with E-state index in [-0.39, 0.29) is 25.0 Å². The Morgan fingerprint density at radius 1 is 1.80 bits per heavy atom. The maximum atomic E-state index is 8.69. The molecule has 0 saturated carbocycles. The summed E-state index contributed by atoms with van der Waals surface area (Å²) in [5.74, 6) is 0. The van der Waals surface area contributed by atoms with E-state index in [9.17, 15) is 0 Å². The number of nitrogens with two attached hydrogens (primary N) is 1. The van der Waals surface area contributed by atoms with E-state index in [1.54, 1.807) is 7.11 Å². The van der Waals surface area contributed by atoms with E-state index in [4.69, 9.17) is 20.3 Å². The topological polar surface area (TPSA) is 64.7 Å². The zero-order valence-electron chi connectivity index (χ0n) is 5.99. The lowest BCUT2D eigenvalue weighted by atomic mass is 10.2. The SMILES string of the molecule is CO[C@@H]1C[C@H](N)[C@@H](CO)O1. The first-order chi connectivity index (χ1) is 4.77. The van der Waals surface area contributed by atoms with Crippen LogP contribution in [0.4, 0.5) is 0 Å². The molecular formula is C6H13NO3. The molecule has 4 nitrogen and oxygen atoms in total. The van der Waals surface area contributed by atoms with Gasteiger partial charge >= 0.3 is 0 Å². The number of ether oxygens (including phenoxy) is 2. The summed E-state index contributed by atoms with van der Waals surface area (Å²) < 4.78 is 10.1. The van der Waals surface area contributed by atoms with Crippen LogP contribution in [0, 0.1) is 0 Å². The van der Waals surface area contributed by atoms with Crippen molar-refractivity contribution in [1.82, 2.24) is 0 Å². The van der Waals surface area contributed by atoms with Crippen molar-refractivity contribution in [2.75, 3.05) is 13.7 Å². The first-order valence-corrected chi connectivity index (χ1v) is 3.32. The Morgan fingerprint density at radius 2 is 2.50 bits per heavy atom. The second kappa shape index (κ2) is 3.30. The average Bonchev–Trinajstić information content (AvgIpc) is 2.30. The fraction of sp³-hybridized carbons (Fsp3) is 1.00. The molecule has 0 amide bonds. The van der Waals surface area contributed by atoms with Crippen LogP contribution in [0.3, 0.4) is 0 Å². The monoisotopic (exact) mass is 147 g/mol. The van der Waals surface area contributed by atoms with Crippen LogP contribution < -0.4 is 5.73 Å². The van der Waals surface area contributed by atoms with Crippen LogP contribution >= 0.6 is 0 Å². The molecule has 1 saturated heterocycles. The van der Waals surface area contributed by atoms with Crippen LogP contribution in [-0.2, 0) is 9.47 Å². The summed E-state index contributed by atoms with van der Waals surface area (Å²) in [7, 11) is 1.57. The quantitative estimate of drug-likeness (QED) is 0.529. The highest BCUT2D eigenvalue weighted by Gasteiger charge is 2.31. The Labute approximate surface area is 59.9 Å². The largest absolute Gasteiger partial charge is 0.394 e. The van der Waals surface area contributed by atoms with Gasteiger partial charge in [0, 0.05) is 19.6 Å². The van der Waals surface area contributed by atoms with E-state index in [0.29, 0.717) is 6.42 Å². The molecule has 1 aliphatic heterocycles. The molecule has 0 spiro atoms. The van der Waals surface area contributed by atoms with Crippen molar-refractivity contribution in [1.29, 1.82) is 0 Å². The number of hydrogen-bond acceptors (Lipinski definition) is 4. The minimum atomic E-state index is -0.245. The molecule has 0 radical (unpaired) electrons. The van der Waals surface area contributed by atoms with Crippen LogP contribution in [-0.4, -0.2) is 37.3 Å². The molecular weight excluding hydrogens is 134 g/mol. The fourth-order valence-electron chi connectivity index (χ4n) is 1.06. The third-order valence-electron chi connectivity index (χ3n) is 1.71. The molecule has 0 aromatic rings. The first kappa shape index (κ1) is 7.94. The minimum absolute atomic E-state index is 0.0268. The van der Waals surface area contributed by atoms with Gasteiger partial charge < -0.3 is 20.3 Å². The lowest BCUT2D eigenvalue weighted by Gasteiger charge is -2.10. The highest BCUT2D eigenvalue weighted by atomic mass is 16.7. The van der Waals surface area contributed by atoms with Gasteiger partial charge in [-0.05, 0) is 0 Å². The van der Waals surface area contributed by atoms with Gasteiger partial charge in [0.15, 0.2) is 6.29 Å². The van der Waals surface area contributed by atoms with Crippen molar-refractivity contribution in [2.45, 2.75) is 24.9 Å². The number of aliphatic hydroxyl groups is 1. The second-order valence-corrected chi connectivity index (χ2v) is 2.42. The molecule has 0 aromatic heterocycles. The summed E-state index contributed by atoms with van der Waals surface area (Å²) in [4.78, 5) is 0. The molecule has 1 rings (SSSR count). The Bertz CT molecular complexity index is 109. The van der Waals surface area contributed by atoms with Crippen molar-refractivity contribution >= 4 is 0 Å². The van der Waals surface area contributed by atoms with E-state index in [1.807, 2.05) is 0 Å². The molecule has 4 heteroatoms. The van der Waals surface area contributed by atoms with E-state index in [1.165, 1.54) is 0 Å². The van der Waals surface area contributed by atoms with Gasteiger partial charge in [0.1, 0.15) is 0 Å². The van der Waals surface area contributed by atoms with E-state index in [2.05, 4.69) is 0 Å². The Kier molecular flexibility index (Phi) is 2.62. The van der Waals surface area contributed by atoms with Gasteiger partial charge in [-0.15, -0.1) is 0 Å². The van der Waals surface area contributed by atoms with Crippen molar-refractivity contribution in [3.8, 4) is 0 Å². The smallest absolute Gasteiger partial charge is 0.159 e. The highest BCUT2D eigenvalue weighted by Crippen LogP contribution is 2.18. The number of methoxy groups -OCH3 is 1. The van der Waals surface area contributed by atoms with E-state index in [0.717, 1.165) is 0 Å². The predicted molar refractivity (Wildman–Crippen MR) is 35.3 cm³/mol. The summed E-state index contributed by atoms with van der Waals surface area (Å²) in [5.41, 5.74) is 5.59. The summed E-state index contributed by atoms with van der Waals surface area (Å²) in [6.07, 6.45) is 0.193. The number of aliphatic hydroxyl groups excluding tert-OH is 1. The maximum Gasteiger partial charge on any atom is 0.159 e. The third kappa shape index (κ3) is 1.46. The van der Waals surface area contributed by atoms with Gasteiger partial charge in [-0.3, -0.25) is 0 Å². The number of rotatable bonds is 2. The molecule has 0 bridgehead atoms. The Hall–Kier alpha value is -0.160. The molecule has 3 N–H and O–H groups in total. The lowest BCUT2D eigenvalue weighted by Crippen LogP contribution is -2.32. The zero-order chi connectivity index (χ0) is 7.56. The van der Waals surface area contributed by atoms with Crippen LogP contribution in [0.1, 0.15) is 6.42 Å². The maximum absolute atomic E-state index is 8.69. The molecule has 0 aromatic carbocycles. The predicted octanol–water partition coefficient (Wildman–Crippen LogP) is -0.933. The van der Waals surface area contributed by atoms with Crippen molar-refractivity contribution < 1.29 is 14.6 Å².